The van der Waals surface area contributed by atoms with E-state index in [1.165, 1.54) is 7.05 Å². The number of carbonyl (C=O) groups is 3. The molecule has 10 nitrogen and oxygen atoms in total. The van der Waals surface area contributed by atoms with Crippen LogP contribution < -0.4 is 15.4 Å². The molecule has 3 unspecified atom stereocenters. The van der Waals surface area contributed by atoms with Crippen LogP contribution in [-0.4, -0.2) is 83.9 Å². The summed E-state index contributed by atoms with van der Waals surface area (Å²) < 4.78 is 5.38. The number of aryl methyl sites for hydroxylation is 2. The summed E-state index contributed by atoms with van der Waals surface area (Å²) in [6, 6.07) is 10.4. The smallest absolute Gasteiger partial charge is 0.317 e. The largest absolute Gasteiger partial charge is 0.453 e. The highest BCUT2D eigenvalue weighted by Gasteiger charge is 2.42. The minimum atomic E-state index is -0.272. The Kier molecular flexibility index (Phi) is 9.17. The number of benzene rings is 1. The second-order valence-electron chi connectivity index (χ2n) is 11.7. The Balaban J connectivity index is 1.15. The summed E-state index contributed by atoms with van der Waals surface area (Å²) in [7, 11) is 1.54. The maximum atomic E-state index is 13.5. The third-order valence-corrected chi connectivity index (χ3v) is 8.90. The molecule has 2 aromatic rings. The van der Waals surface area contributed by atoms with Gasteiger partial charge in [-0.05, 0) is 50.5 Å². The van der Waals surface area contributed by atoms with Gasteiger partial charge in [-0.3, -0.25) is 14.4 Å². The number of amides is 3. The van der Waals surface area contributed by atoms with Crippen LogP contribution in [0, 0.1) is 31.6 Å². The second kappa shape index (κ2) is 13.0. The predicted octanol–water partition coefficient (Wildman–Crippen LogP) is 2.66. The zero-order valence-electron chi connectivity index (χ0n) is 24.4. The first-order valence-electron chi connectivity index (χ1n) is 14.9. The molecule has 1 aromatic heterocycles. The maximum absolute atomic E-state index is 13.5. The van der Waals surface area contributed by atoms with Gasteiger partial charge in [-0.15, -0.1) is 0 Å². The molecule has 2 saturated heterocycles. The summed E-state index contributed by atoms with van der Waals surface area (Å²) in [5.74, 6) is 0.894. The number of hydrogen-bond acceptors (Lipinski definition) is 7. The Hall–Kier alpha value is -3.53. The van der Waals surface area contributed by atoms with E-state index in [0.717, 1.165) is 57.3 Å². The minimum absolute atomic E-state index is 0.0112. The van der Waals surface area contributed by atoms with Crippen molar-refractivity contribution >= 4 is 17.7 Å². The lowest BCUT2D eigenvalue weighted by atomic mass is 10.0. The monoisotopic (exact) mass is 562 g/mol. The topological polar surface area (TPSA) is 117 Å². The second-order valence-corrected chi connectivity index (χ2v) is 11.7. The summed E-state index contributed by atoms with van der Waals surface area (Å²) in [5.41, 5.74) is 2.78. The number of fused-ring (bicyclic) bond motifs is 1. The Morgan fingerprint density at radius 2 is 1.61 bits per heavy atom. The normalized spacial score (nSPS) is 21.5. The lowest BCUT2D eigenvalue weighted by molar-refractivity contribution is -0.125. The van der Waals surface area contributed by atoms with Gasteiger partial charge in [0.05, 0.1) is 23.0 Å². The number of ether oxygens (including phenoxy) is 1. The molecule has 0 radical (unpaired) electrons. The number of nitrogens with one attached hydrogen (secondary N) is 2. The average Bonchev–Trinajstić information content (AvgIpc) is 3.71. The first-order valence-corrected chi connectivity index (χ1v) is 14.9. The molecule has 41 heavy (non-hydrogen) atoms. The van der Waals surface area contributed by atoms with E-state index in [1.54, 1.807) is 13.8 Å². The molecule has 3 heterocycles. The Bertz CT molecular complexity index is 1210. The molecule has 3 atom stereocenters. The predicted molar refractivity (Wildman–Crippen MR) is 154 cm³/mol. The number of likely N-dealkylation sites (N-methyl/N-ethyl adjacent to an activating group) is 1. The molecular formula is C31H42N6O4. The summed E-state index contributed by atoms with van der Waals surface area (Å²) in [6.07, 6.45) is 5.16. The van der Waals surface area contributed by atoms with Gasteiger partial charge in [-0.25, -0.2) is 0 Å². The van der Waals surface area contributed by atoms with Crippen molar-refractivity contribution < 1.29 is 19.1 Å². The minimum Gasteiger partial charge on any atom is -0.453 e. The fourth-order valence-corrected chi connectivity index (χ4v) is 6.66. The molecule has 1 aromatic carbocycles. The van der Waals surface area contributed by atoms with Crippen LogP contribution in [0.4, 0.5) is 0 Å². The standard InChI is InChI=1S/C31H42N6O4/c1-20-28(21(2)34-31(33-20)41-19-27(38)32-3)30(40)37-17-24-15-36(16-25(24)18-37)14-13-26(22-9-5-4-6-10-22)35-29(39)23-11-7-8-12-23/h4-6,9-10,23-26H,7-8,11-19H2,1-3H3,(H,32,38)(H,35,39). The van der Waals surface area contributed by atoms with Gasteiger partial charge in [-0.2, -0.15) is 9.97 Å². The number of nitrogens with zero attached hydrogens (tertiary/aromatic N) is 4. The van der Waals surface area contributed by atoms with Crippen molar-refractivity contribution in [2.45, 2.75) is 52.0 Å². The molecule has 0 spiro atoms. The number of likely N-dealkylation sites (tertiary alicyclic amines) is 2. The number of rotatable bonds is 10. The highest BCUT2D eigenvalue weighted by atomic mass is 16.5. The number of carbonyl (C=O) groups excluding carboxylic acids is 3. The van der Waals surface area contributed by atoms with Crippen molar-refractivity contribution in [2.24, 2.45) is 17.8 Å². The number of aromatic nitrogens is 2. The van der Waals surface area contributed by atoms with Crippen molar-refractivity contribution in [3.63, 3.8) is 0 Å². The lowest BCUT2D eigenvalue weighted by Gasteiger charge is -2.26. The van der Waals surface area contributed by atoms with Crippen LogP contribution in [0.1, 0.15) is 65.5 Å². The summed E-state index contributed by atoms with van der Waals surface area (Å²) in [4.78, 5) is 51.0. The summed E-state index contributed by atoms with van der Waals surface area (Å²) >= 11 is 0. The molecule has 3 fully saturated rings. The van der Waals surface area contributed by atoms with Crippen molar-refractivity contribution in [3.05, 3.63) is 52.8 Å². The van der Waals surface area contributed by atoms with E-state index in [2.05, 4.69) is 37.6 Å². The number of hydrogen-bond donors (Lipinski definition) is 2. The van der Waals surface area contributed by atoms with Gasteiger partial charge in [0.2, 0.25) is 5.91 Å². The van der Waals surface area contributed by atoms with Crippen LogP contribution in [0.15, 0.2) is 30.3 Å². The van der Waals surface area contributed by atoms with Crippen LogP contribution >= 0.6 is 0 Å². The van der Waals surface area contributed by atoms with E-state index in [4.69, 9.17) is 4.74 Å². The SMILES string of the molecule is CNC(=O)COc1nc(C)c(C(=O)N2CC3CN(CCC(NC(=O)C4CCCC4)c4ccccc4)CC3C2)c(C)n1. The molecular weight excluding hydrogens is 520 g/mol. The van der Waals surface area contributed by atoms with E-state index in [0.29, 0.717) is 41.9 Å². The first-order chi connectivity index (χ1) is 19.8. The highest BCUT2D eigenvalue weighted by molar-refractivity contribution is 5.96. The quantitative estimate of drug-likeness (QED) is 0.457. The first kappa shape index (κ1) is 29.0. The van der Waals surface area contributed by atoms with Gasteiger partial charge < -0.3 is 25.2 Å². The van der Waals surface area contributed by atoms with E-state index in [9.17, 15) is 14.4 Å². The van der Waals surface area contributed by atoms with Gasteiger partial charge >= 0.3 is 6.01 Å². The van der Waals surface area contributed by atoms with Gasteiger partial charge in [-0.1, -0.05) is 43.2 Å². The molecule has 3 aliphatic rings. The van der Waals surface area contributed by atoms with Gasteiger partial charge in [0.15, 0.2) is 6.61 Å². The zero-order chi connectivity index (χ0) is 28.9. The van der Waals surface area contributed by atoms with E-state index in [-0.39, 0.29) is 42.3 Å². The van der Waals surface area contributed by atoms with E-state index in [1.807, 2.05) is 23.1 Å². The summed E-state index contributed by atoms with van der Waals surface area (Å²) in [5, 5.41) is 5.85. The summed E-state index contributed by atoms with van der Waals surface area (Å²) in [6.45, 7) is 7.63. The van der Waals surface area contributed by atoms with Crippen LogP contribution in [0.3, 0.4) is 0 Å². The Labute approximate surface area is 242 Å². The van der Waals surface area contributed by atoms with E-state index >= 15 is 0 Å². The molecule has 0 bridgehead atoms. The molecule has 1 aliphatic carbocycles. The van der Waals surface area contributed by atoms with Gasteiger partial charge in [0.1, 0.15) is 0 Å². The molecule has 1 saturated carbocycles. The fraction of sp³-hybridized carbons (Fsp3) is 0.581. The molecule has 3 amide bonds. The fourth-order valence-electron chi connectivity index (χ4n) is 6.66. The molecule has 5 rings (SSSR count). The molecule has 2 aliphatic heterocycles. The van der Waals surface area contributed by atoms with E-state index < -0.39 is 0 Å². The lowest BCUT2D eigenvalue weighted by Crippen LogP contribution is -2.37. The Morgan fingerprint density at radius 3 is 2.22 bits per heavy atom. The van der Waals surface area contributed by atoms with Crippen LogP contribution in [0.5, 0.6) is 6.01 Å². The van der Waals surface area contributed by atoms with Crippen molar-refractivity contribution in [1.82, 2.24) is 30.4 Å². The van der Waals surface area contributed by atoms with Gasteiger partial charge in [0.25, 0.3) is 11.8 Å². The van der Waals surface area contributed by atoms with Crippen LogP contribution in [0.2, 0.25) is 0 Å². The average molecular weight is 563 g/mol. The molecule has 10 heteroatoms. The van der Waals surface area contributed by atoms with Crippen molar-refractivity contribution in [2.75, 3.05) is 46.4 Å². The van der Waals surface area contributed by atoms with Gasteiger partial charge in [0, 0.05) is 45.7 Å². The van der Waals surface area contributed by atoms with Crippen LogP contribution in [0.25, 0.3) is 0 Å². The molecule has 220 valence electrons. The van der Waals surface area contributed by atoms with Crippen molar-refractivity contribution in [1.29, 1.82) is 0 Å². The zero-order valence-corrected chi connectivity index (χ0v) is 24.4. The van der Waals surface area contributed by atoms with Crippen LogP contribution in [-0.2, 0) is 9.59 Å². The Morgan fingerprint density at radius 1 is 0.976 bits per heavy atom. The highest BCUT2D eigenvalue weighted by Crippen LogP contribution is 2.33. The third kappa shape index (κ3) is 6.86. The maximum Gasteiger partial charge on any atom is 0.317 e. The third-order valence-electron chi connectivity index (χ3n) is 8.90. The van der Waals surface area contributed by atoms with Crippen molar-refractivity contribution in [3.8, 4) is 6.01 Å². The molecule has 2 N–H and O–H groups in total.